The van der Waals surface area contributed by atoms with E-state index in [4.69, 9.17) is 9.47 Å². The third-order valence-corrected chi connectivity index (χ3v) is 3.87. The number of nitrogens with zero attached hydrogens (tertiary/aromatic N) is 1. The number of nitrogens with one attached hydrogen (secondary N) is 1. The minimum Gasteiger partial charge on any atom is -0.507 e. The lowest BCUT2D eigenvalue weighted by molar-refractivity contribution is 0.133. The molecule has 1 aliphatic rings. The number of phenolic OH excluding ortho intramolecular Hbond substituents is 1. The van der Waals surface area contributed by atoms with E-state index in [0.717, 1.165) is 5.56 Å². The molecule has 2 aromatic carbocycles. The van der Waals surface area contributed by atoms with Crippen LogP contribution in [0.15, 0.2) is 41.4 Å². The van der Waals surface area contributed by atoms with Gasteiger partial charge in [-0.25, -0.2) is 4.79 Å². The molecule has 0 radical (unpaired) electrons. The van der Waals surface area contributed by atoms with Gasteiger partial charge in [0.25, 0.3) is 0 Å². The Hall–Kier alpha value is -3.02. The van der Waals surface area contributed by atoms with E-state index in [2.05, 4.69) is 10.3 Å². The highest BCUT2D eigenvalue weighted by Gasteiger charge is 2.35. The first kappa shape index (κ1) is 16.8. The number of rotatable bonds is 3. The number of ether oxygens (including phenoxy) is 2. The van der Waals surface area contributed by atoms with Crippen LogP contribution >= 0.6 is 0 Å². The summed E-state index contributed by atoms with van der Waals surface area (Å²) in [7, 11) is 1.50. The number of amides is 1. The summed E-state index contributed by atoms with van der Waals surface area (Å²) < 4.78 is 11.2. The predicted octanol–water partition coefficient (Wildman–Crippen LogP) is 3.57. The molecule has 25 heavy (non-hydrogen) atoms. The van der Waals surface area contributed by atoms with E-state index in [1.807, 2.05) is 19.9 Å². The molecular weight excluding hydrogens is 320 g/mol. The average Bonchev–Trinajstić information content (AvgIpc) is 2.91. The van der Waals surface area contributed by atoms with E-state index in [1.165, 1.54) is 7.05 Å². The summed E-state index contributed by atoms with van der Waals surface area (Å²) in [6, 6.07) is 10.4. The van der Waals surface area contributed by atoms with E-state index in [9.17, 15) is 9.90 Å². The monoisotopic (exact) mass is 340 g/mol. The molecule has 0 saturated carbocycles. The first-order valence-electron chi connectivity index (χ1n) is 7.96. The van der Waals surface area contributed by atoms with Gasteiger partial charge in [-0.1, -0.05) is 12.1 Å². The van der Waals surface area contributed by atoms with Crippen molar-refractivity contribution in [3.63, 3.8) is 0 Å². The molecule has 0 saturated heterocycles. The molecule has 3 rings (SSSR count). The molecule has 1 aliphatic heterocycles. The summed E-state index contributed by atoms with van der Waals surface area (Å²) in [4.78, 5) is 16.0. The van der Waals surface area contributed by atoms with Crippen molar-refractivity contribution in [1.29, 1.82) is 0 Å². The lowest BCUT2D eigenvalue weighted by atomic mass is 10.00. The lowest BCUT2D eigenvalue weighted by Crippen LogP contribution is -2.25. The summed E-state index contributed by atoms with van der Waals surface area (Å²) in [5.41, 5.74) is 1.80. The van der Waals surface area contributed by atoms with Gasteiger partial charge in [-0.05, 0) is 38.1 Å². The molecule has 130 valence electrons. The van der Waals surface area contributed by atoms with Crippen LogP contribution < -0.4 is 14.8 Å². The summed E-state index contributed by atoms with van der Waals surface area (Å²) in [5.74, 6) is 1.06. The second-order valence-corrected chi connectivity index (χ2v) is 6.39. The van der Waals surface area contributed by atoms with Crippen molar-refractivity contribution >= 4 is 18.0 Å². The van der Waals surface area contributed by atoms with E-state index >= 15 is 0 Å². The molecular formula is C19H20N2O4. The van der Waals surface area contributed by atoms with Gasteiger partial charge in [0.05, 0.1) is 5.69 Å². The maximum Gasteiger partial charge on any atom is 0.412 e. The molecule has 0 fully saturated rings. The SMILES string of the molecule is CNC(=O)Oc1ccc(N=Cc2ccccc2O)c2c1OC(C)(C)C2. The van der Waals surface area contributed by atoms with Crippen LogP contribution in [0.3, 0.4) is 0 Å². The number of fused-ring (bicyclic) bond motifs is 1. The Morgan fingerprint density at radius 3 is 2.80 bits per heavy atom. The van der Waals surface area contributed by atoms with E-state index in [0.29, 0.717) is 29.2 Å². The summed E-state index contributed by atoms with van der Waals surface area (Å²) in [6.45, 7) is 3.93. The standard InChI is InChI=1S/C19H20N2O4/c1-19(2)10-13-14(21-11-12-6-4-5-7-15(12)22)8-9-16(17(13)25-19)24-18(23)20-3/h4-9,11,22H,10H2,1-3H3,(H,20,23). The number of aliphatic imine (C=N–C) groups is 1. The number of carbonyl (C=O) groups excluding carboxylic acids is 1. The van der Waals surface area contributed by atoms with Gasteiger partial charge in [0.2, 0.25) is 0 Å². The second kappa shape index (κ2) is 6.47. The van der Waals surface area contributed by atoms with Crippen LogP contribution in [0.25, 0.3) is 0 Å². The first-order chi connectivity index (χ1) is 11.9. The average molecular weight is 340 g/mol. The van der Waals surface area contributed by atoms with Crippen molar-refractivity contribution in [1.82, 2.24) is 5.32 Å². The minimum atomic E-state index is -0.555. The largest absolute Gasteiger partial charge is 0.507 e. The molecule has 2 N–H and O–H groups in total. The van der Waals surface area contributed by atoms with Crippen LogP contribution in [0, 0.1) is 0 Å². The van der Waals surface area contributed by atoms with Gasteiger partial charge in [-0.15, -0.1) is 0 Å². The van der Waals surface area contributed by atoms with Crippen molar-refractivity contribution in [3.8, 4) is 17.2 Å². The normalized spacial score (nSPS) is 14.8. The van der Waals surface area contributed by atoms with E-state index in [1.54, 1.807) is 36.5 Å². The van der Waals surface area contributed by atoms with Crippen molar-refractivity contribution in [2.45, 2.75) is 25.9 Å². The molecule has 2 aromatic rings. The lowest BCUT2D eigenvalue weighted by Gasteiger charge is -2.17. The zero-order chi connectivity index (χ0) is 18.0. The molecule has 0 aliphatic carbocycles. The van der Waals surface area contributed by atoms with Crippen LogP contribution in [0.4, 0.5) is 10.5 Å². The number of hydrogen-bond donors (Lipinski definition) is 2. The van der Waals surface area contributed by atoms with Crippen molar-refractivity contribution < 1.29 is 19.4 Å². The van der Waals surface area contributed by atoms with Gasteiger partial charge in [0.1, 0.15) is 11.4 Å². The summed E-state index contributed by atoms with van der Waals surface area (Å²) >= 11 is 0. The van der Waals surface area contributed by atoms with Crippen LogP contribution in [-0.2, 0) is 6.42 Å². The van der Waals surface area contributed by atoms with Crippen LogP contribution in [0.1, 0.15) is 25.0 Å². The molecule has 0 spiro atoms. The molecule has 0 atom stereocenters. The first-order valence-corrected chi connectivity index (χ1v) is 7.96. The maximum atomic E-state index is 11.5. The highest BCUT2D eigenvalue weighted by Crippen LogP contribution is 2.46. The van der Waals surface area contributed by atoms with E-state index in [-0.39, 0.29) is 5.75 Å². The second-order valence-electron chi connectivity index (χ2n) is 6.39. The molecule has 0 unspecified atom stereocenters. The number of phenols is 1. The third-order valence-electron chi connectivity index (χ3n) is 3.87. The fourth-order valence-corrected chi connectivity index (χ4v) is 2.70. The topological polar surface area (TPSA) is 80.2 Å². The third kappa shape index (κ3) is 3.57. The smallest absolute Gasteiger partial charge is 0.412 e. The van der Waals surface area contributed by atoms with Gasteiger partial charge in [0.15, 0.2) is 11.5 Å². The number of aromatic hydroxyl groups is 1. The summed E-state index contributed by atoms with van der Waals surface area (Å²) in [6.07, 6.45) is 1.69. The van der Waals surface area contributed by atoms with Gasteiger partial charge >= 0.3 is 6.09 Å². The molecule has 1 amide bonds. The highest BCUT2D eigenvalue weighted by atomic mass is 16.6. The van der Waals surface area contributed by atoms with Crippen molar-refractivity contribution in [2.75, 3.05) is 7.05 Å². The van der Waals surface area contributed by atoms with Crippen LogP contribution in [0.2, 0.25) is 0 Å². The van der Waals surface area contributed by atoms with Gasteiger partial charge in [-0.2, -0.15) is 0 Å². The Balaban J connectivity index is 1.98. The Bertz CT molecular complexity index is 843. The van der Waals surface area contributed by atoms with Gasteiger partial charge in [-0.3, -0.25) is 4.99 Å². The Kier molecular flexibility index (Phi) is 4.35. The van der Waals surface area contributed by atoms with E-state index < -0.39 is 11.7 Å². The summed E-state index contributed by atoms with van der Waals surface area (Å²) in [5, 5.41) is 12.3. The zero-order valence-electron chi connectivity index (χ0n) is 14.4. The minimum absolute atomic E-state index is 0.166. The van der Waals surface area contributed by atoms with Crippen molar-refractivity contribution in [3.05, 3.63) is 47.5 Å². The highest BCUT2D eigenvalue weighted by molar-refractivity contribution is 5.86. The Labute approximate surface area is 146 Å². The predicted molar refractivity (Wildman–Crippen MR) is 95.3 cm³/mol. The molecule has 6 heteroatoms. The van der Waals surface area contributed by atoms with Gasteiger partial charge < -0.3 is 19.9 Å². The van der Waals surface area contributed by atoms with Crippen LogP contribution in [-0.4, -0.2) is 30.1 Å². The van der Waals surface area contributed by atoms with Crippen molar-refractivity contribution in [2.24, 2.45) is 4.99 Å². The Morgan fingerprint density at radius 2 is 2.08 bits per heavy atom. The van der Waals surface area contributed by atoms with Gasteiger partial charge in [0, 0.05) is 30.8 Å². The molecule has 0 aromatic heterocycles. The number of benzene rings is 2. The molecule has 6 nitrogen and oxygen atoms in total. The number of carbonyl (C=O) groups is 1. The fraction of sp³-hybridized carbons (Fsp3) is 0.263. The fourth-order valence-electron chi connectivity index (χ4n) is 2.70. The number of para-hydroxylation sites is 1. The zero-order valence-corrected chi connectivity index (χ0v) is 14.4. The Morgan fingerprint density at radius 1 is 1.32 bits per heavy atom. The number of hydrogen-bond acceptors (Lipinski definition) is 5. The maximum absolute atomic E-state index is 11.5. The van der Waals surface area contributed by atoms with Crippen LogP contribution in [0.5, 0.6) is 17.2 Å². The quantitative estimate of drug-likeness (QED) is 0.837. The molecule has 1 heterocycles. The molecule has 0 bridgehead atoms.